The Bertz CT molecular complexity index is 865. The number of thiophene rings is 1. The second-order valence-corrected chi connectivity index (χ2v) is 9.20. The summed E-state index contributed by atoms with van der Waals surface area (Å²) in [5, 5.41) is 5.98. The first-order valence-corrected chi connectivity index (χ1v) is 9.29. The van der Waals surface area contributed by atoms with E-state index in [-0.39, 0.29) is 6.54 Å². The Kier molecular flexibility index (Phi) is 2.60. The van der Waals surface area contributed by atoms with Crippen molar-refractivity contribution in [3.63, 3.8) is 0 Å². The summed E-state index contributed by atoms with van der Waals surface area (Å²) in [7, 11) is -8.60. The Labute approximate surface area is 122 Å². The molecule has 0 spiro atoms. The summed E-state index contributed by atoms with van der Waals surface area (Å²) in [5.41, 5.74) is -0.503. The summed E-state index contributed by atoms with van der Waals surface area (Å²) >= 11 is 0.293. The van der Waals surface area contributed by atoms with Crippen LogP contribution < -0.4 is 10.5 Å². The first-order valence-electron chi connectivity index (χ1n) is 7.38. The highest BCUT2D eigenvalue weighted by Crippen LogP contribution is 2.42. The molecule has 0 aliphatic carbocycles. The molecule has 1 aliphatic heterocycles. The molecule has 2 rings (SSSR count). The summed E-state index contributed by atoms with van der Waals surface area (Å²) in [6.45, 7) is 2.84. The predicted molar refractivity (Wildman–Crippen MR) is 73.4 cm³/mol. The average Bonchev–Trinajstić information content (AvgIpc) is 2.75. The number of sulfone groups is 1. The molecular formula is C10H16N2O4S3. The van der Waals surface area contributed by atoms with Crippen LogP contribution in [-0.4, -0.2) is 28.6 Å². The Balaban J connectivity index is 3.00. The van der Waals surface area contributed by atoms with Gasteiger partial charge in [0.2, 0.25) is 10.0 Å². The van der Waals surface area contributed by atoms with E-state index in [1.54, 1.807) is 6.92 Å². The molecule has 0 fully saturated rings. The number of primary sulfonamides is 1. The molecule has 0 unspecified atom stereocenters. The highest BCUT2D eigenvalue weighted by molar-refractivity contribution is 7.95. The number of sulfonamides is 1. The maximum atomic E-state index is 12.5. The van der Waals surface area contributed by atoms with E-state index >= 15 is 0 Å². The van der Waals surface area contributed by atoms with Gasteiger partial charge < -0.3 is 5.32 Å². The fourth-order valence-corrected chi connectivity index (χ4v) is 5.51. The molecule has 2 heterocycles. The van der Waals surface area contributed by atoms with Crippen LogP contribution in [-0.2, 0) is 19.9 Å². The Morgan fingerprint density at radius 3 is 2.89 bits per heavy atom. The van der Waals surface area contributed by atoms with Crippen LogP contribution in [0.15, 0.2) is 14.5 Å². The molecule has 19 heavy (non-hydrogen) atoms. The van der Waals surface area contributed by atoms with Crippen LogP contribution in [0.25, 0.3) is 0 Å². The molecule has 1 aliphatic rings. The van der Waals surface area contributed by atoms with Crippen LogP contribution in [0.2, 0.25) is 0 Å². The molecule has 0 radical (unpaired) electrons. The van der Waals surface area contributed by atoms with Gasteiger partial charge in [-0.05, 0) is 25.9 Å². The van der Waals surface area contributed by atoms with E-state index in [1.165, 1.54) is 0 Å². The Morgan fingerprint density at radius 1 is 1.74 bits per heavy atom. The van der Waals surface area contributed by atoms with Crippen LogP contribution in [0, 0.1) is 0 Å². The molecule has 9 heteroatoms. The van der Waals surface area contributed by atoms with Gasteiger partial charge in [-0.2, -0.15) is 0 Å². The third-order valence-corrected chi connectivity index (χ3v) is 7.51. The van der Waals surface area contributed by atoms with E-state index in [2.05, 4.69) is 5.32 Å². The summed E-state index contributed by atoms with van der Waals surface area (Å²) in [6, 6.07) is -3.03. The number of nitrogens with one attached hydrogen (secondary N) is 1. The molecule has 2 atom stereocenters. The largest absolute Gasteiger partial charge is 0.310 e. The molecule has 0 bridgehead atoms. The van der Waals surface area contributed by atoms with E-state index in [0.717, 1.165) is 6.92 Å². The molecule has 0 saturated carbocycles. The molecule has 0 saturated heterocycles. The SMILES string of the molecule is [2H]c1c(S(N)(=O)=O)sc2c1[C@@]([2H])(NCC)C([2H])([2H])[C@H](C)S2(=O)=O. The van der Waals surface area contributed by atoms with Gasteiger partial charge in [-0.15, -0.1) is 11.3 Å². The van der Waals surface area contributed by atoms with Crippen molar-refractivity contribution >= 4 is 31.2 Å². The fourth-order valence-electron chi connectivity index (χ4n) is 1.64. The zero-order valence-electron chi connectivity index (χ0n) is 14.2. The van der Waals surface area contributed by atoms with E-state index in [1.807, 2.05) is 0 Å². The molecule has 1 aromatic rings. The molecule has 6 nitrogen and oxygen atoms in total. The van der Waals surface area contributed by atoms with Crippen molar-refractivity contribution in [3.8, 4) is 0 Å². The summed E-state index contributed by atoms with van der Waals surface area (Å²) < 4.78 is 79.8. The lowest BCUT2D eigenvalue weighted by molar-refractivity contribution is 0.477. The van der Waals surface area contributed by atoms with Gasteiger partial charge in [0.25, 0.3) is 0 Å². The number of nitrogens with two attached hydrogens (primary N) is 1. The van der Waals surface area contributed by atoms with Crippen molar-refractivity contribution in [1.29, 1.82) is 0 Å². The summed E-state index contributed by atoms with van der Waals surface area (Å²) in [4.78, 5) is 0. The van der Waals surface area contributed by atoms with Crippen LogP contribution >= 0.6 is 11.3 Å². The van der Waals surface area contributed by atoms with E-state index in [4.69, 9.17) is 10.6 Å². The molecule has 0 amide bonds. The van der Waals surface area contributed by atoms with E-state index in [0.29, 0.717) is 11.3 Å². The highest BCUT2D eigenvalue weighted by atomic mass is 32.3. The lowest BCUT2D eigenvalue weighted by atomic mass is 10.1. The van der Waals surface area contributed by atoms with Crippen molar-refractivity contribution in [2.24, 2.45) is 5.14 Å². The highest BCUT2D eigenvalue weighted by Gasteiger charge is 2.39. The third kappa shape index (κ3) is 2.57. The van der Waals surface area contributed by atoms with Crippen molar-refractivity contribution in [2.75, 3.05) is 6.54 Å². The predicted octanol–water partition coefficient (Wildman–Crippen LogP) is 0.612. The van der Waals surface area contributed by atoms with E-state index < -0.39 is 57.5 Å². The Morgan fingerprint density at radius 2 is 2.37 bits per heavy atom. The normalized spacial score (nSPS) is 35.6. The standard InChI is InChI=1S/C10H16N2O4S3/c1-3-12-8-4-6(2)18(13,14)10-7(8)5-9(17-10)19(11,15)16/h5-6,8,12H,3-4H2,1-2H3,(H2,11,15,16)/t6-,8-/m0/s1/i4D2,5D,8D. The first kappa shape index (κ1) is 10.3. The summed E-state index contributed by atoms with van der Waals surface area (Å²) in [5.74, 6) is 0. The second-order valence-electron chi connectivity index (χ2n) is 3.96. The van der Waals surface area contributed by atoms with Gasteiger partial charge >= 0.3 is 0 Å². The van der Waals surface area contributed by atoms with Gasteiger partial charge in [-0.25, -0.2) is 22.0 Å². The molecule has 1 aromatic heterocycles. The minimum Gasteiger partial charge on any atom is -0.310 e. The van der Waals surface area contributed by atoms with Crippen molar-refractivity contribution < 1.29 is 22.3 Å². The van der Waals surface area contributed by atoms with Gasteiger partial charge in [0.05, 0.1) is 7.99 Å². The van der Waals surface area contributed by atoms with Gasteiger partial charge in [0, 0.05) is 14.3 Å². The maximum Gasteiger partial charge on any atom is 0.247 e. The zero-order valence-corrected chi connectivity index (χ0v) is 12.7. The van der Waals surface area contributed by atoms with Gasteiger partial charge in [-0.3, -0.25) is 0 Å². The van der Waals surface area contributed by atoms with E-state index in [9.17, 15) is 16.8 Å². The van der Waals surface area contributed by atoms with Crippen molar-refractivity contribution in [2.45, 2.75) is 39.9 Å². The molecular weight excluding hydrogens is 308 g/mol. The topological polar surface area (TPSA) is 106 Å². The minimum absolute atomic E-state index is 0.120. The lowest BCUT2D eigenvalue weighted by Crippen LogP contribution is -2.33. The average molecular weight is 328 g/mol. The van der Waals surface area contributed by atoms with Crippen LogP contribution in [0.3, 0.4) is 0 Å². The maximum absolute atomic E-state index is 12.5. The lowest BCUT2D eigenvalue weighted by Gasteiger charge is -2.27. The molecule has 108 valence electrons. The number of rotatable bonds is 3. The van der Waals surface area contributed by atoms with Crippen LogP contribution in [0.4, 0.5) is 0 Å². The molecule has 3 N–H and O–H groups in total. The zero-order chi connectivity index (χ0) is 18.0. The number of fused-ring (bicyclic) bond motifs is 1. The van der Waals surface area contributed by atoms with Gasteiger partial charge in [0.1, 0.15) is 8.42 Å². The van der Waals surface area contributed by atoms with Gasteiger partial charge in [-0.1, -0.05) is 6.92 Å². The van der Waals surface area contributed by atoms with Gasteiger partial charge in [0.15, 0.2) is 9.84 Å². The van der Waals surface area contributed by atoms with Crippen LogP contribution in [0.5, 0.6) is 0 Å². The van der Waals surface area contributed by atoms with Crippen molar-refractivity contribution in [1.82, 2.24) is 5.32 Å². The molecule has 0 aromatic carbocycles. The monoisotopic (exact) mass is 328 g/mol. The summed E-state index contributed by atoms with van der Waals surface area (Å²) in [6.07, 6.45) is -2.58. The minimum atomic E-state index is -4.36. The third-order valence-electron chi connectivity index (χ3n) is 2.55. The first-order chi connectivity index (χ1) is 10.2. The van der Waals surface area contributed by atoms with Crippen molar-refractivity contribution in [3.05, 3.63) is 11.6 Å². The fraction of sp³-hybridized carbons (Fsp3) is 0.600. The number of hydrogen-bond acceptors (Lipinski definition) is 6. The van der Waals surface area contributed by atoms with Crippen LogP contribution in [0.1, 0.15) is 37.3 Å². The second kappa shape index (κ2) is 4.81. The smallest absolute Gasteiger partial charge is 0.247 e. The quantitative estimate of drug-likeness (QED) is 0.845. The number of hydrogen-bond donors (Lipinski definition) is 2. The Hall–Kier alpha value is -0.480.